The van der Waals surface area contributed by atoms with Crippen LogP contribution in [0.1, 0.15) is 27.8 Å². The maximum Gasteiger partial charge on any atom is 0.573 e. The zero-order chi connectivity index (χ0) is 24.4. The van der Waals surface area contributed by atoms with Crippen LogP contribution in [0.4, 0.5) is 23.4 Å². The summed E-state index contributed by atoms with van der Waals surface area (Å²) in [6.45, 7) is 1.73. The van der Waals surface area contributed by atoms with E-state index in [0.29, 0.717) is 22.4 Å². The third kappa shape index (κ3) is 3.51. The molecule has 2 N–H and O–H groups in total. The SMILES string of the molecule is Cc1ncc2c(N)nc3cc(F)c(C(=O)N(C)C4COc5cc(OC(F)(F)F)ccc54)cc3n12. The van der Waals surface area contributed by atoms with E-state index in [1.54, 1.807) is 11.3 Å². The minimum Gasteiger partial charge on any atom is -0.491 e. The Hall–Kier alpha value is -4.09. The highest BCUT2D eigenvalue weighted by Gasteiger charge is 2.35. The van der Waals surface area contributed by atoms with Gasteiger partial charge in [0.25, 0.3) is 5.91 Å². The number of aromatic nitrogens is 3. The van der Waals surface area contributed by atoms with Gasteiger partial charge in [-0.1, -0.05) is 0 Å². The van der Waals surface area contributed by atoms with E-state index in [1.165, 1.54) is 30.3 Å². The van der Waals surface area contributed by atoms with Gasteiger partial charge in [0.05, 0.1) is 28.8 Å². The number of hydrogen-bond donors (Lipinski definition) is 1. The van der Waals surface area contributed by atoms with Crippen molar-refractivity contribution in [1.82, 2.24) is 19.3 Å². The van der Waals surface area contributed by atoms with Gasteiger partial charge in [-0.05, 0) is 25.1 Å². The van der Waals surface area contributed by atoms with Gasteiger partial charge in [0.15, 0.2) is 0 Å². The molecule has 0 saturated heterocycles. The second-order valence-corrected chi connectivity index (χ2v) is 7.83. The Morgan fingerprint density at radius 1 is 1.26 bits per heavy atom. The average molecular weight is 475 g/mol. The van der Waals surface area contributed by atoms with Crippen LogP contribution in [0.15, 0.2) is 36.5 Å². The van der Waals surface area contributed by atoms with Crippen LogP contribution in [0.2, 0.25) is 0 Å². The number of carbonyl (C=O) groups excluding carboxylic acids is 1. The minimum atomic E-state index is -4.84. The highest BCUT2D eigenvalue weighted by Crippen LogP contribution is 2.39. The van der Waals surface area contributed by atoms with Gasteiger partial charge >= 0.3 is 6.36 Å². The molecule has 2 aromatic heterocycles. The summed E-state index contributed by atoms with van der Waals surface area (Å²) in [5.74, 6) is -0.950. The number of nitrogens with two attached hydrogens (primary N) is 1. The number of benzene rings is 2. The molecule has 1 aliphatic heterocycles. The van der Waals surface area contributed by atoms with E-state index in [-0.39, 0.29) is 29.3 Å². The Balaban J connectivity index is 1.50. The van der Waals surface area contributed by atoms with E-state index in [9.17, 15) is 22.4 Å². The van der Waals surface area contributed by atoms with Gasteiger partial charge in [-0.3, -0.25) is 9.20 Å². The number of alkyl halides is 3. The number of fused-ring (bicyclic) bond motifs is 4. The summed E-state index contributed by atoms with van der Waals surface area (Å²) >= 11 is 0. The number of carbonyl (C=O) groups is 1. The van der Waals surface area contributed by atoms with Gasteiger partial charge in [-0.15, -0.1) is 13.2 Å². The van der Waals surface area contributed by atoms with Crippen molar-refractivity contribution >= 4 is 28.3 Å². The van der Waals surface area contributed by atoms with E-state index in [0.717, 1.165) is 18.2 Å². The number of nitrogens with zero attached hydrogens (tertiary/aromatic N) is 4. The average Bonchev–Trinajstić information content (AvgIpc) is 3.35. The van der Waals surface area contributed by atoms with Gasteiger partial charge in [-0.2, -0.15) is 0 Å². The van der Waals surface area contributed by atoms with E-state index in [1.807, 2.05) is 0 Å². The van der Waals surface area contributed by atoms with Crippen molar-refractivity contribution in [2.45, 2.75) is 19.3 Å². The second-order valence-electron chi connectivity index (χ2n) is 7.83. The molecule has 12 heteroatoms. The quantitative estimate of drug-likeness (QED) is 0.450. The van der Waals surface area contributed by atoms with Crippen molar-refractivity contribution < 1.29 is 31.8 Å². The molecule has 2 aromatic carbocycles. The smallest absolute Gasteiger partial charge is 0.491 e. The molecule has 1 amide bonds. The Labute approximate surface area is 189 Å². The molecule has 3 heterocycles. The van der Waals surface area contributed by atoms with Gasteiger partial charge in [-0.25, -0.2) is 14.4 Å². The van der Waals surface area contributed by atoms with Crippen LogP contribution >= 0.6 is 0 Å². The van der Waals surface area contributed by atoms with Crippen molar-refractivity contribution in [2.24, 2.45) is 0 Å². The van der Waals surface area contributed by atoms with Gasteiger partial charge in [0.1, 0.15) is 41.1 Å². The summed E-state index contributed by atoms with van der Waals surface area (Å²) in [6, 6.07) is 5.50. The molecule has 0 aliphatic carbocycles. The van der Waals surface area contributed by atoms with E-state index in [4.69, 9.17) is 10.5 Å². The number of hydrogen-bond acceptors (Lipinski definition) is 6. The van der Waals surface area contributed by atoms with Crippen LogP contribution in [0.3, 0.4) is 0 Å². The first kappa shape index (κ1) is 21.7. The van der Waals surface area contributed by atoms with Crippen molar-refractivity contribution in [3.8, 4) is 11.5 Å². The minimum absolute atomic E-state index is 0.00872. The molecule has 176 valence electrons. The van der Waals surface area contributed by atoms with Crippen LogP contribution in [0, 0.1) is 12.7 Å². The summed E-state index contributed by atoms with van der Waals surface area (Å²) in [4.78, 5) is 23.0. The monoisotopic (exact) mass is 475 g/mol. The topological polar surface area (TPSA) is 95.0 Å². The number of rotatable bonds is 3. The van der Waals surface area contributed by atoms with Crippen LogP contribution in [-0.2, 0) is 0 Å². The van der Waals surface area contributed by atoms with E-state index < -0.39 is 29.9 Å². The summed E-state index contributed by atoms with van der Waals surface area (Å²) in [6.07, 6.45) is -3.30. The maximum absolute atomic E-state index is 15.0. The molecule has 5 rings (SSSR count). The lowest BCUT2D eigenvalue weighted by Gasteiger charge is -2.24. The third-order valence-electron chi connectivity index (χ3n) is 5.74. The Bertz CT molecular complexity index is 1470. The van der Waals surface area contributed by atoms with Crippen molar-refractivity contribution in [2.75, 3.05) is 19.4 Å². The van der Waals surface area contributed by atoms with Crippen molar-refractivity contribution in [3.63, 3.8) is 0 Å². The first-order valence-electron chi connectivity index (χ1n) is 10.1. The molecule has 0 saturated carbocycles. The second kappa shape index (κ2) is 7.47. The molecule has 4 aromatic rings. The molecule has 0 radical (unpaired) electrons. The molecule has 8 nitrogen and oxygen atoms in total. The van der Waals surface area contributed by atoms with E-state index >= 15 is 0 Å². The summed E-state index contributed by atoms with van der Waals surface area (Å²) in [7, 11) is 1.47. The number of amides is 1. The lowest BCUT2D eigenvalue weighted by Crippen LogP contribution is -2.32. The van der Waals surface area contributed by atoms with Crippen molar-refractivity contribution in [3.05, 3.63) is 59.3 Å². The number of halogens is 4. The summed E-state index contributed by atoms with van der Waals surface area (Å²) in [5.41, 5.74) is 7.46. The number of ether oxygens (including phenoxy) is 2. The zero-order valence-electron chi connectivity index (χ0n) is 17.9. The van der Waals surface area contributed by atoms with Gasteiger partial charge < -0.3 is 20.1 Å². The van der Waals surface area contributed by atoms with Gasteiger partial charge in [0.2, 0.25) is 0 Å². The lowest BCUT2D eigenvalue weighted by molar-refractivity contribution is -0.274. The largest absolute Gasteiger partial charge is 0.573 e. The van der Waals surface area contributed by atoms with E-state index in [2.05, 4.69) is 14.7 Å². The summed E-state index contributed by atoms with van der Waals surface area (Å²) < 4.78 is 63.5. The first-order chi connectivity index (χ1) is 16.0. The normalized spacial score (nSPS) is 15.4. The third-order valence-corrected chi connectivity index (χ3v) is 5.74. The molecular formula is C22H17F4N5O3. The fraction of sp³-hybridized carbons (Fsp3) is 0.227. The first-order valence-corrected chi connectivity index (χ1v) is 10.1. The standard InChI is InChI=1S/C22H17F4N5O3/c1-10-28-8-17-20(27)29-15-7-14(23)13(6-16(15)31(10)17)21(32)30(2)18-9-33-19-5-11(3-4-12(18)19)34-22(24,25)26/h3-8,18H,9H2,1-2H3,(H2,27,29). The molecule has 0 fully saturated rings. The lowest BCUT2D eigenvalue weighted by atomic mass is 10.1. The Kier molecular flexibility index (Phi) is 4.78. The van der Waals surface area contributed by atoms with Crippen LogP contribution in [0.25, 0.3) is 16.6 Å². The predicted molar refractivity (Wildman–Crippen MR) is 113 cm³/mol. The van der Waals surface area contributed by atoms with Crippen LogP contribution in [-0.4, -0.2) is 45.2 Å². The van der Waals surface area contributed by atoms with Crippen LogP contribution in [0.5, 0.6) is 11.5 Å². The fourth-order valence-corrected chi connectivity index (χ4v) is 4.12. The number of nitrogen functional groups attached to an aromatic ring is 1. The molecule has 1 unspecified atom stereocenters. The number of likely N-dealkylation sites (N-methyl/N-ethyl adjacent to an activating group) is 1. The highest BCUT2D eigenvalue weighted by atomic mass is 19.4. The molecule has 1 atom stereocenters. The molecule has 0 bridgehead atoms. The molecular weight excluding hydrogens is 458 g/mol. The zero-order valence-corrected chi connectivity index (χ0v) is 17.9. The fourth-order valence-electron chi connectivity index (χ4n) is 4.12. The van der Waals surface area contributed by atoms with Crippen molar-refractivity contribution in [1.29, 1.82) is 0 Å². The highest BCUT2D eigenvalue weighted by molar-refractivity contribution is 5.98. The molecule has 34 heavy (non-hydrogen) atoms. The van der Waals surface area contributed by atoms with Gasteiger partial charge in [0, 0.05) is 24.7 Å². The Morgan fingerprint density at radius 3 is 2.76 bits per heavy atom. The number of aryl methyl sites for hydroxylation is 1. The summed E-state index contributed by atoms with van der Waals surface area (Å²) in [5, 5.41) is 0. The Morgan fingerprint density at radius 2 is 2.03 bits per heavy atom. The number of imidazole rings is 1. The molecule has 1 aliphatic rings. The maximum atomic E-state index is 15.0. The molecule has 0 spiro atoms. The predicted octanol–water partition coefficient (Wildman–Crippen LogP) is 4.02. The number of anilines is 1. The van der Waals surface area contributed by atoms with Crippen LogP contribution < -0.4 is 15.2 Å².